The van der Waals surface area contributed by atoms with Gasteiger partial charge in [0.2, 0.25) is 5.91 Å². The van der Waals surface area contributed by atoms with E-state index < -0.39 is 67.4 Å². The molecule has 8 atom stereocenters. The molecule has 0 bridgehead atoms. The fraction of sp³-hybridized carbons (Fsp3) is 0.722. The smallest absolute Gasteiger partial charge is 0.306 e. The average Bonchev–Trinajstić information content (AvgIpc) is 3.52. The minimum Gasteiger partial charge on any atom is -0.454 e. The summed E-state index contributed by atoms with van der Waals surface area (Å²) in [7, 11) is 0. The Morgan fingerprint density at radius 2 is 0.867 bits per heavy atom. The summed E-state index contributed by atoms with van der Waals surface area (Å²) in [6.45, 7) is 5.64. The number of hydrogen-bond acceptors (Lipinski definition) is 10. The number of aliphatic hydroxyl groups excluding tert-OH is 5. The Labute approximate surface area is 507 Å². The summed E-state index contributed by atoms with van der Waals surface area (Å²) in [5.41, 5.74) is 0. The number of unbranched alkanes of at least 4 members (excludes halogenated alkanes) is 26. The van der Waals surface area contributed by atoms with Crippen molar-refractivity contribution in [2.45, 2.75) is 320 Å². The Balaban J connectivity index is 2.62. The lowest BCUT2D eigenvalue weighted by Crippen LogP contribution is -2.61. The van der Waals surface area contributed by atoms with E-state index >= 15 is 0 Å². The van der Waals surface area contributed by atoms with Gasteiger partial charge in [0.1, 0.15) is 24.4 Å². The van der Waals surface area contributed by atoms with Crippen LogP contribution in [0.15, 0.2) is 109 Å². The number of allylic oxidation sites excluding steroid dienone is 17. The highest BCUT2D eigenvalue weighted by atomic mass is 16.7. The molecule has 11 nitrogen and oxygen atoms in total. The monoisotopic (exact) mass is 1160 g/mol. The molecule has 0 spiro atoms. The van der Waals surface area contributed by atoms with Crippen LogP contribution in [0.4, 0.5) is 0 Å². The van der Waals surface area contributed by atoms with Gasteiger partial charge in [-0.15, -0.1) is 0 Å². The molecule has 1 aliphatic rings. The van der Waals surface area contributed by atoms with Gasteiger partial charge in [-0.1, -0.05) is 265 Å². The lowest BCUT2D eigenvalue weighted by atomic mass is 9.99. The molecule has 0 saturated carbocycles. The third-order valence-corrected chi connectivity index (χ3v) is 15.2. The molecule has 1 amide bonds. The van der Waals surface area contributed by atoms with Gasteiger partial charge in [-0.2, -0.15) is 0 Å². The average molecular weight is 1160 g/mol. The summed E-state index contributed by atoms with van der Waals surface area (Å²) < 4.78 is 17.6. The molecule has 0 aromatic carbocycles. The lowest BCUT2D eigenvalue weighted by molar-refractivity contribution is -0.305. The molecule has 0 radical (unpaired) electrons. The van der Waals surface area contributed by atoms with Crippen LogP contribution >= 0.6 is 0 Å². The van der Waals surface area contributed by atoms with Crippen molar-refractivity contribution in [1.29, 1.82) is 0 Å². The quantitative estimate of drug-likeness (QED) is 0.0195. The maximum absolute atomic E-state index is 13.5. The Hall–Kier alpha value is -3.68. The topological polar surface area (TPSA) is 175 Å². The number of hydrogen-bond donors (Lipinski definition) is 6. The lowest BCUT2D eigenvalue weighted by Gasteiger charge is -2.41. The van der Waals surface area contributed by atoms with Crippen LogP contribution in [-0.4, -0.2) is 99.6 Å². The van der Waals surface area contributed by atoms with E-state index in [0.29, 0.717) is 12.8 Å². The maximum Gasteiger partial charge on any atom is 0.306 e. The van der Waals surface area contributed by atoms with Crippen LogP contribution in [-0.2, 0) is 23.8 Å². The van der Waals surface area contributed by atoms with E-state index in [9.17, 15) is 35.1 Å². The summed E-state index contributed by atoms with van der Waals surface area (Å²) >= 11 is 0. The van der Waals surface area contributed by atoms with Crippen LogP contribution in [0.25, 0.3) is 0 Å². The number of ether oxygens (including phenoxy) is 3. The predicted octanol–water partition coefficient (Wildman–Crippen LogP) is 16.8. The van der Waals surface area contributed by atoms with E-state index in [2.05, 4.69) is 123 Å². The van der Waals surface area contributed by atoms with Gasteiger partial charge in [0, 0.05) is 6.42 Å². The van der Waals surface area contributed by atoms with Crippen molar-refractivity contribution in [3.63, 3.8) is 0 Å². The largest absolute Gasteiger partial charge is 0.454 e. The number of aliphatic hydroxyl groups is 5. The number of amides is 1. The first-order valence-corrected chi connectivity index (χ1v) is 33.7. The van der Waals surface area contributed by atoms with Gasteiger partial charge in [-0.05, 0) is 109 Å². The normalized spacial score (nSPS) is 19.3. The van der Waals surface area contributed by atoms with Gasteiger partial charge in [-0.3, -0.25) is 9.59 Å². The fourth-order valence-corrected chi connectivity index (χ4v) is 9.86. The summed E-state index contributed by atoms with van der Waals surface area (Å²) in [4.78, 5) is 26.6. The first kappa shape index (κ1) is 77.3. The highest BCUT2D eigenvalue weighted by Crippen LogP contribution is 2.26. The number of nitrogens with one attached hydrogen (secondary N) is 1. The summed E-state index contributed by atoms with van der Waals surface area (Å²) in [6, 6.07) is -1.04. The van der Waals surface area contributed by atoms with Crippen LogP contribution in [0, 0.1) is 0 Å². The Morgan fingerprint density at radius 3 is 1.33 bits per heavy atom. The SMILES string of the molecule is CC/C=C\C/C=C\C/C=C\C/C=C\C/C=C\CCCCCCCCCCC(O)C(=O)NC(COC1OC(CO)C(O)C(O)C1OC(=O)CCCCCCCC/C=C\C/C=C\C/C=C\CCCCC)C(O)/C=C/CCCCCCCCCCC. The molecule has 83 heavy (non-hydrogen) atoms. The molecule has 0 aromatic heterocycles. The highest BCUT2D eigenvalue weighted by molar-refractivity contribution is 5.80. The zero-order chi connectivity index (χ0) is 60.3. The zero-order valence-corrected chi connectivity index (χ0v) is 52.8. The van der Waals surface area contributed by atoms with Gasteiger partial charge >= 0.3 is 5.97 Å². The van der Waals surface area contributed by atoms with Crippen molar-refractivity contribution in [3.05, 3.63) is 109 Å². The third kappa shape index (κ3) is 46.2. The molecule has 6 N–H and O–H groups in total. The number of carbonyl (C=O) groups excluding carboxylic acids is 2. The van der Waals surface area contributed by atoms with Gasteiger partial charge in [-0.25, -0.2) is 0 Å². The van der Waals surface area contributed by atoms with E-state index in [1.165, 1.54) is 83.5 Å². The summed E-state index contributed by atoms with van der Waals surface area (Å²) in [6.07, 6.45) is 69.8. The first-order valence-electron chi connectivity index (χ1n) is 33.7. The minimum absolute atomic E-state index is 0.104. The molecule has 1 rings (SSSR count). The molecular weight excluding hydrogens is 1040 g/mol. The number of esters is 1. The summed E-state index contributed by atoms with van der Waals surface area (Å²) in [5.74, 6) is -1.22. The molecule has 0 aromatic rings. The van der Waals surface area contributed by atoms with Crippen molar-refractivity contribution in [1.82, 2.24) is 5.32 Å². The second kappa shape index (κ2) is 58.7. The van der Waals surface area contributed by atoms with Crippen molar-refractivity contribution in [2.24, 2.45) is 0 Å². The van der Waals surface area contributed by atoms with Gasteiger partial charge in [0.05, 0.1) is 25.4 Å². The molecule has 1 heterocycles. The molecule has 11 heteroatoms. The molecule has 8 unspecified atom stereocenters. The molecule has 1 aliphatic heterocycles. The van der Waals surface area contributed by atoms with Crippen LogP contribution in [0.2, 0.25) is 0 Å². The van der Waals surface area contributed by atoms with E-state index in [0.717, 1.165) is 141 Å². The van der Waals surface area contributed by atoms with Crippen molar-refractivity contribution >= 4 is 11.9 Å². The van der Waals surface area contributed by atoms with E-state index in [-0.39, 0.29) is 19.4 Å². The highest BCUT2D eigenvalue weighted by Gasteiger charge is 2.47. The number of carbonyl (C=O) groups is 2. The van der Waals surface area contributed by atoms with Crippen molar-refractivity contribution in [3.8, 4) is 0 Å². The van der Waals surface area contributed by atoms with Crippen LogP contribution in [0.1, 0.15) is 271 Å². The Bertz CT molecular complexity index is 1770. The Kier molecular flexibility index (Phi) is 54.7. The Morgan fingerprint density at radius 1 is 0.482 bits per heavy atom. The maximum atomic E-state index is 13.5. The number of rotatable bonds is 56. The van der Waals surface area contributed by atoms with Gasteiger partial charge in [0.15, 0.2) is 12.4 Å². The molecular formula is C72H123NO10. The first-order chi connectivity index (χ1) is 40.7. The minimum atomic E-state index is -1.63. The third-order valence-electron chi connectivity index (χ3n) is 15.2. The molecule has 0 aliphatic carbocycles. The van der Waals surface area contributed by atoms with Crippen molar-refractivity contribution in [2.75, 3.05) is 13.2 Å². The molecule has 1 saturated heterocycles. The van der Waals surface area contributed by atoms with E-state index in [1.54, 1.807) is 6.08 Å². The molecule has 476 valence electrons. The van der Waals surface area contributed by atoms with Gasteiger partial charge in [0.25, 0.3) is 0 Å². The van der Waals surface area contributed by atoms with Crippen LogP contribution in [0.5, 0.6) is 0 Å². The fourth-order valence-electron chi connectivity index (χ4n) is 9.86. The predicted molar refractivity (Wildman–Crippen MR) is 347 cm³/mol. The van der Waals surface area contributed by atoms with Crippen LogP contribution in [0.3, 0.4) is 0 Å². The second-order valence-corrected chi connectivity index (χ2v) is 22.8. The zero-order valence-electron chi connectivity index (χ0n) is 52.8. The molecule has 1 fully saturated rings. The second-order valence-electron chi connectivity index (χ2n) is 22.8. The van der Waals surface area contributed by atoms with Crippen LogP contribution < -0.4 is 5.32 Å². The van der Waals surface area contributed by atoms with Crippen molar-refractivity contribution < 1.29 is 49.3 Å². The standard InChI is InChI=1S/C72H123NO10/c1-4-7-10-13-16-19-22-24-26-28-30-31-32-33-34-36-37-39-41-44-47-50-53-56-59-65(76)71(80)73-63(64(75)58-55-52-49-46-43-21-18-15-12-9-6-3)62-81-72-70(69(79)68(78)66(61-74)82-72)83-67(77)60-57-54-51-48-45-42-40-38-35-29-27-25-23-20-17-14-11-8-5-2/h7,10,16-17,19-20,24-27,30-31,33-35,38,55,58,63-66,68-70,72,74-76,78-79H,4-6,8-9,11-15,18,21-23,28-29,32,36-37,39-54,56-57,59-62H2,1-3H3,(H,73,80)/b10-7-,19-16-,20-17-,26-24-,27-25-,31-30-,34-33-,38-35-,58-55+. The summed E-state index contributed by atoms with van der Waals surface area (Å²) in [5, 5.41) is 57.1. The van der Waals surface area contributed by atoms with E-state index in [4.69, 9.17) is 14.2 Å². The van der Waals surface area contributed by atoms with Gasteiger partial charge < -0.3 is 45.1 Å². The van der Waals surface area contributed by atoms with E-state index in [1.807, 2.05) is 6.08 Å².